The Morgan fingerprint density at radius 1 is 1.44 bits per heavy atom. The summed E-state index contributed by atoms with van der Waals surface area (Å²) in [5.74, 6) is 0.341. The number of urea groups is 1. The summed E-state index contributed by atoms with van der Waals surface area (Å²) in [6, 6.07) is 5.45. The summed E-state index contributed by atoms with van der Waals surface area (Å²) < 4.78 is 0. The van der Waals surface area contributed by atoms with Crippen LogP contribution in [0.15, 0.2) is 18.2 Å². The van der Waals surface area contributed by atoms with Crippen LogP contribution >= 0.6 is 0 Å². The Bertz CT molecular complexity index is 375. The van der Waals surface area contributed by atoms with E-state index in [0.717, 1.165) is 23.2 Å². The molecule has 0 unspecified atom stereocenters. The maximum absolute atomic E-state index is 10.9. The molecule has 1 rings (SSSR count). The van der Waals surface area contributed by atoms with E-state index in [1.54, 1.807) is 0 Å². The van der Waals surface area contributed by atoms with Gasteiger partial charge in [-0.05, 0) is 36.1 Å². The lowest BCUT2D eigenvalue weighted by molar-refractivity contribution is 0.259. The van der Waals surface area contributed by atoms with E-state index in [0.29, 0.717) is 12.5 Å². The van der Waals surface area contributed by atoms with Crippen LogP contribution in [0.1, 0.15) is 30.9 Å². The Balaban J connectivity index is 3.05. The maximum atomic E-state index is 10.9. The van der Waals surface area contributed by atoms with E-state index in [2.05, 4.69) is 19.2 Å². The van der Waals surface area contributed by atoms with Crippen molar-refractivity contribution in [2.75, 3.05) is 11.9 Å². The van der Waals surface area contributed by atoms with Crippen molar-refractivity contribution in [1.82, 2.24) is 0 Å². The smallest absolute Gasteiger partial charge is 0.316 e. The molecule has 0 bridgehead atoms. The zero-order valence-electron chi connectivity index (χ0n) is 9.79. The van der Waals surface area contributed by atoms with Gasteiger partial charge in [-0.2, -0.15) is 0 Å². The molecule has 1 aromatic carbocycles. The van der Waals surface area contributed by atoms with E-state index in [4.69, 9.17) is 11.5 Å². The Morgan fingerprint density at radius 3 is 2.62 bits per heavy atom. The number of hydrogen-bond donors (Lipinski definition) is 3. The molecule has 4 heteroatoms. The topological polar surface area (TPSA) is 81.1 Å². The van der Waals surface area contributed by atoms with Gasteiger partial charge in [-0.25, -0.2) is 4.79 Å². The molecule has 16 heavy (non-hydrogen) atoms. The molecule has 0 saturated heterocycles. The molecule has 1 aromatic rings. The van der Waals surface area contributed by atoms with Gasteiger partial charge in [-0.3, -0.25) is 0 Å². The molecule has 2 amide bonds. The first kappa shape index (κ1) is 12.5. The number of primary amides is 1. The van der Waals surface area contributed by atoms with Crippen molar-refractivity contribution in [2.24, 2.45) is 11.5 Å². The van der Waals surface area contributed by atoms with Gasteiger partial charge in [-0.15, -0.1) is 0 Å². The molecule has 0 heterocycles. The third-order valence-corrected chi connectivity index (χ3v) is 2.43. The summed E-state index contributed by atoms with van der Waals surface area (Å²) in [4.78, 5) is 10.9. The minimum atomic E-state index is -0.535. The zero-order chi connectivity index (χ0) is 12.1. The van der Waals surface area contributed by atoms with Gasteiger partial charge in [0.2, 0.25) is 0 Å². The summed E-state index contributed by atoms with van der Waals surface area (Å²) in [6.07, 6.45) is 0.797. The van der Waals surface area contributed by atoms with Crippen molar-refractivity contribution in [1.29, 1.82) is 0 Å². The van der Waals surface area contributed by atoms with E-state index in [1.165, 1.54) is 0 Å². The highest BCUT2D eigenvalue weighted by Gasteiger charge is 2.08. The van der Waals surface area contributed by atoms with Crippen LogP contribution in [0, 0.1) is 0 Å². The second kappa shape index (κ2) is 5.51. The minimum absolute atomic E-state index is 0.341. The Hall–Kier alpha value is -1.55. The van der Waals surface area contributed by atoms with Crippen LogP contribution in [0.25, 0.3) is 0 Å². The van der Waals surface area contributed by atoms with E-state index < -0.39 is 6.03 Å². The zero-order valence-corrected chi connectivity index (χ0v) is 9.79. The molecule has 0 atom stereocenters. The Kier molecular flexibility index (Phi) is 4.31. The van der Waals surface area contributed by atoms with Crippen LogP contribution in [-0.4, -0.2) is 12.6 Å². The largest absolute Gasteiger partial charge is 0.351 e. The summed E-state index contributed by atoms with van der Waals surface area (Å²) in [5.41, 5.74) is 13.6. The van der Waals surface area contributed by atoms with Crippen molar-refractivity contribution in [3.05, 3.63) is 29.3 Å². The first-order valence-corrected chi connectivity index (χ1v) is 5.44. The lowest BCUT2D eigenvalue weighted by atomic mass is 9.98. The lowest BCUT2D eigenvalue weighted by Crippen LogP contribution is -2.20. The first-order valence-electron chi connectivity index (χ1n) is 5.44. The second-order valence-electron chi connectivity index (χ2n) is 4.10. The number of anilines is 1. The van der Waals surface area contributed by atoms with E-state index in [9.17, 15) is 4.79 Å². The lowest BCUT2D eigenvalue weighted by Gasteiger charge is -2.14. The van der Waals surface area contributed by atoms with E-state index in [-0.39, 0.29) is 0 Å². The van der Waals surface area contributed by atoms with Crippen LogP contribution in [-0.2, 0) is 6.42 Å². The number of amides is 2. The van der Waals surface area contributed by atoms with Gasteiger partial charge in [0.25, 0.3) is 0 Å². The van der Waals surface area contributed by atoms with Crippen LogP contribution in [0.4, 0.5) is 10.5 Å². The molecule has 0 spiro atoms. The van der Waals surface area contributed by atoms with Gasteiger partial charge >= 0.3 is 6.03 Å². The van der Waals surface area contributed by atoms with Gasteiger partial charge in [-0.1, -0.05) is 26.0 Å². The fourth-order valence-electron chi connectivity index (χ4n) is 1.67. The highest BCUT2D eigenvalue weighted by Crippen LogP contribution is 2.25. The Labute approximate surface area is 96.0 Å². The molecule has 0 aliphatic heterocycles. The SMILES string of the molecule is CC(C)c1ccc(CCN)cc1NC(N)=O. The monoisotopic (exact) mass is 221 g/mol. The Morgan fingerprint density at radius 2 is 2.12 bits per heavy atom. The summed E-state index contributed by atoms with van der Waals surface area (Å²) >= 11 is 0. The molecule has 5 N–H and O–H groups in total. The molecule has 4 nitrogen and oxygen atoms in total. The van der Waals surface area contributed by atoms with Gasteiger partial charge < -0.3 is 16.8 Å². The van der Waals surface area contributed by atoms with E-state index in [1.807, 2.05) is 18.2 Å². The summed E-state index contributed by atoms with van der Waals surface area (Å²) in [6.45, 7) is 4.74. The van der Waals surface area contributed by atoms with Crippen molar-refractivity contribution in [2.45, 2.75) is 26.2 Å². The predicted octanol–water partition coefficient (Wildman–Crippen LogP) is 1.80. The number of rotatable bonds is 4. The molecule has 0 aliphatic rings. The van der Waals surface area contributed by atoms with Crippen LogP contribution in [0.5, 0.6) is 0 Å². The van der Waals surface area contributed by atoms with Crippen molar-refractivity contribution < 1.29 is 4.79 Å². The number of carbonyl (C=O) groups is 1. The van der Waals surface area contributed by atoms with E-state index >= 15 is 0 Å². The maximum Gasteiger partial charge on any atom is 0.316 e. The summed E-state index contributed by atoms with van der Waals surface area (Å²) in [5, 5.41) is 2.65. The quantitative estimate of drug-likeness (QED) is 0.724. The van der Waals surface area contributed by atoms with Crippen molar-refractivity contribution in [3.63, 3.8) is 0 Å². The molecule has 0 radical (unpaired) electrons. The third kappa shape index (κ3) is 3.24. The standard InChI is InChI=1S/C12H19N3O/c1-8(2)10-4-3-9(5-6-13)7-11(10)15-12(14)16/h3-4,7-8H,5-6,13H2,1-2H3,(H3,14,15,16). The number of nitrogens with two attached hydrogens (primary N) is 2. The highest BCUT2D eigenvalue weighted by molar-refractivity contribution is 5.89. The highest BCUT2D eigenvalue weighted by atomic mass is 16.2. The molecule has 0 aromatic heterocycles. The van der Waals surface area contributed by atoms with Crippen molar-refractivity contribution >= 4 is 11.7 Å². The molecule has 0 aliphatic carbocycles. The average Bonchev–Trinajstić information content (AvgIpc) is 2.16. The molecule has 0 saturated carbocycles. The number of carbonyl (C=O) groups excluding carboxylic acids is 1. The van der Waals surface area contributed by atoms with Gasteiger partial charge in [0.1, 0.15) is 0 Å². The van der Waals surface area contributed by atoms with Crippen molar-refractivity contribution in [3.8, 4) is 0 Å². The minimum Gasteiger partial charge on any atom is -0.351 e. The van der Waals surface area contributed by atoms with Gasteiger partial charge in [0, 0.05) is 5.69 Å². The fraction of sp³-hybridized carbons (Fsp3) is 0.417. The normalized spacial score (nSPS) is 10.5. The first-order chi connectivity index (χ1) is 7.54. The number of nitrogens with one attached hydrogen (secondary N) is 1. The molecule has 0 fully saturated rings. The average molecular weight is 221 g/mol. The van der Waals surface area contributed by atoms with Gasteiger partial charge in [0.05, 0.1) is 0 Å². The molecule has 88 valence electrons. The summed E-state index contributed by atoms with van der Waals surface area (Å²) in [7, 11) is 0. The van der Waals surface area contributed by atoms with Crippen LogP contribution in [0.2, 0.25) is 0 Å². The third-order valence-electron chi connectivity index (χ3n) is 2.43. The van der Waals surface area contributed by atoms with Crippen LogP contribution < -0.4 is 16.8 Å². The molecular weight excluding hydrogens is 202 g/mol. The second-order valence-corrected chi connectivity index (χ2v) is 4.10. The van der Waals surface area contributed by atoms with Crippen LogP contribution in [0.3, 0.4) is 0 Å². The number of benzene rings is 1. The number of hydrogen-bond acceptors (Lipinski definition) is 2. The fourth-order valence-corrected chi connectivity index (χ4v) is 1.67. The molecular formula is C12H19N3O. The predicted molar refractivity (Wildman–Crippen MR) is 66.5 cm³/mol. The van der Waals surface area contributed by atoms with Gasteiger partial charge in [0.15, 0.2) is 0 Å².